The molecule has 0 aromatic heterocycles. The summed E-state index contributed by atoms with van der Waals surface area (Å²) in [6.45, 7) is 2.32. The Hall–Kier alpha value is -4.84. The molecule has 9 heteroatoms. The van der Waals surface area contributed by atoms with E-state index in [0.717, 1.165) is 5.56 Å². The smallest absolute Gasteiger partial charge is 0.343 e. The highest BCUT2D eigenvalue weighted by molar-refractivity contribution is 5.91. The first-order chi connectivity index (χ1) is 16.4. The van der Waals surface area contributed by atoms with Gasteiger partial charge in [0.2, 0.25) is 5.88 Å². The molecule has 3 aromatic rings. The van der Waals surface area contributed by atoms with E-state index in [4.69, 9.17) is 19.9 Å². The minimum absolute atomic E-state index is 0.0508. The van der Waals surface area contributed by atoms with E-state index >= 15 is 0 Å². The molecule has 0 spiro atoms. The van der Waals surface area contributed by atoms with Crippen molar-refractivity contribution < 1.29 is 23.9 Å². The number of benzene rings is 3. The zero-order chi connectivity index (χ0) is 24.2. The highest BCUT2D eigenvalue weighted by Gasteiger charge is 2.33. The van der Waals surface area contributed by atoms with Gasteiger partial charge in [-0.05, 0) is 31.2 Å². The normalized spacial score (nSPS) is 14.4. The second kappa shape index (κ2) is 9.34. The minimum Gasteiger partial charge on any atom is -0.494 e. The number of hydrogen-bond donors (Lipinski definition) is 1. The van der Waals surface area contributed by atoms with Gasteiger partial charge in [-0.3, -0.25) is 10.1 Å². The molecule has 170 valence electrons. The molecule has 9 nitrogen and oxygen atoms in total. The molecule has 1 aliphatic rings. The van der Waals surface area contributed by atoms with E-state index in [1.54, 1.807) is 12.1 Å². The average molecular weight is 457 g/mol. The molecule has 0 saturated carbocycles. The summed E-state index contributed by atoms with van der Waals surface area (Å²) in [6.07, 6.45) is 0. The van der Waals surface area contributed by atoms with Crippen molar-refractivity contribution >= 4 is 11.7 Å². The van der Waals surface area contributed by atoms with Gasteiger partial charge in [-0.2, -0.15) is 5.26 Å². The SMILES string of the molecule is CCOc1ccccc1C1C(C#N)=C(N)Oc2cc(OC(=O)c3ccc([N+](=O)[O-])cc3)ccc21. The zero-order valence-electron chi connectivity index (χ0n) is 18.1. The van der Waals surface area contributed by atoms with Crippen molar-refractivity contribution in [2.24, 2.45) is 5.73 Å². The molecule has 0 bridgehead atoms. The van der Waals surface area contributed by atoms with Crippen LogP contribution in [0.3, 0.4) is 0 Å². The van der Waals surface area contributed by atoms with E-state index in [1.165, 1.54) is 30.3 Å². The van der Waals surface area contributed by atoms with E-state index in [1.807, 2.05) is 31.2 Å². The van der Waals surface area contributed by atoms with Crippen LogP contribution < -0.4 is 19.9 Å². The Balaban J connectivity index is 1.67. The maximum absolute atomic E-state index is 12.5. The Morgan fingerprint density at radius 3 is 2.56 bits per heavy atom. The molecular weight excluding hydrogens is 438 g/mol. The minimum atomic E-state index is -0.690. The number of nitrogens with two attached hydrogens (primary N) is 1. The maximum Gasteiger partial charge on any atom is 0.343 e. The van der Waals surface area contributed by atoms with Gasteiger partial charge >= 0.3 is 5.97 Å². The molecule has 1 unspecified atom stereocenters. The van der Waals surface area contributed by atoms with Crippen LogP contribution in [0.2, 0.25) is 0 Å². The van der Waals surface area contributed by atoms with Crippen LogP contribution in [0.1, 0.15) is 34.3 Å². The molecular formula is C25H19N3O6. The second-order valence-electron chi connectivity index (χ2n) is 7.29. The lowest BCUT2D eigenvalue weighted by molar-refractivity contribution is -0.384. The summed E-state index contributed by atoms with van der Waals surface area (Å²) >= 11 is 0. The molecule has 3 aromatic carbocycles. The number of rotatable bonds is 6. The summed E-state index contributed by atoms with van der Waals surface area (Å²) < 4.78 is 16.9. The number of ether oxygens (including phenoxy) is 3. The monoisotopic (exact) mass is 457 g/mol. The summed E-state index contributed by atoms with van der Waals surface area (Å²) in [5.74, 6) is -0.128. The number of allylic oxidation sites excluding steroid dienone is 1. The molecule has 1 atom stereocenters. The quantitative estimate of drug-likeness (QED) is 0.248. The van der Waals surface area contributed by atoms with Crippen LogP contribution >= 0.6 is 0 Å². The molecule has 0 fully saturated rings. The van der Waals surface area contributed by atoms with Gasteiger partial charge in [0.05, 0.1) is 23.0 Å². The molecule has 1 heterocycles. The number of nitro groups is 1. The number of fused-ring (bicyclic) bond motifs is 1. The Labute approximate surface area is 194 Å². The molecule has 0 radical (unpaired) electrons. The second-order valence-corrected chi connectivity index (χ2v) is 7.29. The first kappa shape index (κ1) is 22.4. The van der Waals surface area contributed by atoms with E-state index in [2.05, 4.69) is 6.07 Å². The number of nitrogens with zero attached hydrogens (tertiary/aromatic N) is 2. The van der Waals surface area contributed by atoms with Gasteiger partial charge in [-0.25, -0.2) is 4.79 Å². The summed E-state index contributed by atoms with van der Waals surface area (Å²) in [5.41, 5.74) is 7.75. The summed E-state index contributed by atoms with van der Waals surface area (Å²) in [5, 5.41) is 20.6. The van der Waals surface area contributed by atoms with Crippen molar-refractivity contribution in [1.29, 1.82) is 5.26 Å². The molecule has 34 heavy (non-hydrogen) atoms. The van der Waals surface area contributed by atoms with Gasteiger partial charge in [0.15, 0.2) is 0 Å². The van der Waals surface area contributed by atoms with Crippen LogP contribution in [0.5, 0.6) is 17.2 Å². The fourth-order valence-electron chi connectivity index (χ4n) is 3.71. The van der Waals surface area contributed by atoms with Crippen molar-refractivity contribution in [3.05, 3.63) is 105 Å². The lowest BCUT2D eigenvalue weighted by Crippen LogP contribution is -2.21. The van der Waals surface area contributed by atoms with Gasteiger partial charge in [-0.15, -0.1) is 0 Å². The fourth-order valence-corrected chi connectivity index (χ4v) is 3.71. The Morgan fingerprint density at radius 2 is 1.88 bits per heavy atom. The number of nitro benzene ring substituents is 1. The Kier molecular flexibility index (Phi) is 6.14. The maximum atomic E-state index is 12.5. The van der Waals surface area contributed by atoms with E-state index in [9.17, 15) is 20.2 Å². The van der Waals surface area contributed by atoms with Crippen molar-refractivity contribution in [2.75, 3.05) is 6.61 Å². The van der Waals surface area contributed by atoms with E-state index in [0.29, 0.717) is 23.7 Å². The zero-order valence-corrected chi connectivity index (χ0v) is 18.1. The predicted octanol–water partition coefficient (Wildman–Crippen LogP) is 4.43. The van der Waals surface area contributed by atoms with Crippen molar-refractivity contribution in [2.45, 2.75) is 12.8 Å². The van der Waals surface area contributed by atoms with Gasteiger partial charge in [-0.1, -0.05) is 24.3 Å². The first-order valence-corrected chi connectivity index (χ1v) is 10.3. The van der Waals surface area contributed by atoms with Crippen LogP contribution in [0, 0.1) is 21.4 Å². The number of para-hydroxylation sites is 1. The molecule has 0 saturated heterocycles. The van der Waals surface area contributed by atoms with Gasteiger partial charge < -0.3 is 19.9 Å². The van der Waals surface area contributed by atoms with Crippen molar-refractivity contribution in [3.63, 3.8) is 0 Å². The number of carbonyl (C=O) groups is 1. The van der Waals surface area contributed by atoms with Crippen LogP contribution in [0.25, 0.3) is 0 Å². The lowest BCUT2D eigenvalue weighted by atomic mass is 9.83. The number of hydrogen-bond acceptors (Lipinski definition) is 8. The lowest BCUT2D eigenvalue weighted by Gasteiger charge is -2.27. The Bertz CT molecular complexity index is 1340. The van der Waals surface area contributed by atoms with Gasteiger partial charge in [0.25, 0.3) is 5.69 Å². The average Bonchev–Trinajstić information content (AvgIpc) is 2.83. The van der Waals surface area contributed by atoms with Crippen LogP contribution in [0.15, 0.2) is 78.2 Å². The summed E-state index contributed by atoms with van der Waals surface area (Å²) in [7, 11) is 0. The highest BCUT2D eigenvalue weighted by atomic mass is 16.6. The number of esters is 1. The van der Waals surface area contributed by atoms with Crippen molar-refractivity contribution in [3.8, 4) is 23.3 Å². The van der Waals surface area contributed by atoms with Crippen LogP contribution in [0.4, 0.5) is 5.69 Å². The number of nitriles is 1. The fraction of sp³-hybridized carbons (Fsp3) is 0.120. The highest BCUT2D eigenvalue weighted by Crippen LogP contribution is 2.45. The van der Waals surface area contributed by atoms with Crippen molar-refractivity contribution in [1.82, 2.24) is 0 Å². The molecule has 0 amide bonds. The molecule has 2 N–H and O–H groups in total. The van der Waals surface area contributed by atoms with Gasteiger partial charge in [0, 0.05) is 29.3 Å². The largest absolute Gasteiger partial charge is 0.494 e. The van der Waals surface area contributed by atoms with E-state index < -0.39 is 16.8 Å². The number of carbonyl (C=O) groups excluding carboxylic acids is 1. The summed E-state index contributed by atoms with van der Waals surface area (Å²) in [4.78, 5) is 22.8. The molecule has 4 rings (SSSR count). The third-order valence-electron chi connectivity index (χ3n) is 5.24. The number of non-ortho nitro benzene ring substituents is 1. The third-order valence-corrected chi connectivity index (χ3v) is 5.24. The van der Waals surface area contributed by atoms with Crippen LogP contribution in [-0.4, -0.2) is 17.5 Å². The first-order valence-electron chi connectivity index (χ1n) is 10.3. The topological polar surface area (TPSA) is 138 Å². The van der Waals surface area contributed by atoms with E-state index in [-0.39, 0.29) is 28.5 Å². The molecule has 0 aliphatic carbocycles. The van der Waals surface area contributed by atoms with Gasteiger partial charge in [0.1, 0.15) is 28.9 Å². The standard InChI is InChI=1S/C25H19N3O6/c1-2-32-21-6-4-3-5-18(21)23-19-12-11-17(13-22(19)34-24(27)20(23)14-26)33-25(29)15-7-9-16(10-8-15)28(30)31/h3-13,23H,2,27H2,1H3. The third kappa shape index (κ3) is 4.25. The Morgan fingerprint density at radius 1 is 1.15 bits per heavy atom. The molecule has 1 aliphatic heterocycles. The predicted molar refractivity (Wildman–Crippen MR) is 121 cm³/mol. The van der Waals surface area contributed by atoms with Crippen LogP contribution in [-0.2, 0) is 0 Å². The summed E-state index contributed by atoms with van der Waals surface area (Å²) in [6, 6.07) is 19.4.